The fraction of sp³-hybridized carbons (Fsp3) is 0.350. The number of rotatable bonds is 3. The number of aromatic nitrogens is 3. The van der Waals surface area contributed by atoms with Gasteiger partial charge < -0.3 is 19.1 Å². The molecule has 28 heavy (non-hydrogen) atoms. The molecule has 144 valence electrons. The van der Waals surface area contributed by atoms with E-state index in [0.717, 1.165) is 54.6 Å². The second-order valence-corrected chi connectivity index (χ2v) is 7.02. The summed E-state index contributed by atoms with van der Waals surface area (Å²) < 4.78 is 18.2. The molecule has 3 aromatic rings. The second kappa shape index (κ2) is 6.70. The molecule has 2 aromatic heterocycles. The van der Waals surface area contributed by atoms with Crippen LogP contribution in [-0.4, -0.2) is 40.6 Å². The van der Waals surface area contributed by atoms with Crippen molar-refractivity contribution >= 4 is 11.5 Å². The summed E-state index contributed by atoms with van der Waals surface area (Å²) in [7, 11) is 0. The number of aryl methyl sites for hydroxylation is 1. The summed E-state index contributed by atoms with van der Waals surface area (Å²) in [5, 5.41) is 4.54. The average molecular weight is 380 g/mol. The normalized spacial score (nSPS) is 16.5. The molecule has 1 fully saturated rings. The molecule has 0 bridgehead atoms. The van der Waals surface area contributed by atoms with Crippen LogP contribution < -0.4 is 24.7 Å². The van der Waals surface area contributed by atoms with E-state index >= 15 is 0 Å². The van der Waals surface area contributed by atoms with Crippen LogP contribution >= 0.6 is 0 Å². The molecule has 0 aliphatic carbocycles. The van der Waals surface area contributed by atoms with Gasteiger partial charge >= 0.3 is 0 Å². The molecule has 0 amide bonds. The zero-order valence-corrected chi connectivity index (χ0v) is 15.5. The third-order valence-corrected chi connectivity index (χ3v) is 5.13. The Labute approximate surface area is 161 Å². The third kappa shape index (κ3) is 3.00. The summed E-state index contributed by atoms with van der Waals surface area (Å²) in [6.45, 7) is 3.87. The number of anilines is 1. The predicted molar refractivity (Wildman–Crippen MR) is 102 cm³/mol. The maximum Gasteiger partial charge on any atom is 0.274 e. The summed E-state index contributed by atoms with van der Waals surface area (Å²) in [4.78, 5) is 18.5. The molecule has 0 spiro atoms. The number of nitrogens with zero attached hydrogens (tertiary/aromatic N) is 4. The van der Waals surface area contributed by atoms with Gasteiger partial charge in [-0.25, -0.2) is 4.98 Å². The topological polar surface area (TPSA) is 78.2 Å². The van der Waals surface area contributed by atoms with Crippen molar-refractivity contribution in [3.05, 3.63) is 52.4 Å². The number of piperidine rings is 1. The van der Waals surface area contributed by atoms with Crippen molar-refractivity contribution in [2.45, 2.75) is 25.9 Å². The Kier molecular flexibility index (Phi) is 4.03. The van der Waals surface area contributed by atoms with Gasteiger partial charge in [-0.15, -0.1) is 5.10 Å². The Bertz CT molecular complexity index is 1090. The lowest BCUT2D eigenvalue weighted by molar-refractivity contribution is 0.167. The third-order valence-electron chi connectivity index (χ3n) is 5.13. The van der Waals surface area contributed by atoms with Gasteiger partial charge in [0.05, 0.1) is 0 Å². The van der Waals surface area contributed by atoms with Crippen LogP contribution in [-0.2, 0) is 0 Å². The SMILES string of the molecule is Cc1cc2nccc(=O)n2nc1N1CCC(Oc2ccc3c(c2)OCO3)CC1. The minimum Gasteiger partial charge on any atom is -0.490 e. The smallest absolute Gasteiger partial charge is 0.274 e. The van der Waals surface area contributed by atoms with Gasteiger partial charge in [-0.3, -0.25) is 4.79 Å². The van der Waals surface area contributed by atoms with Crippen LogP contribution in [0.5, 0.6) is 17.2 Å². The van der Waals surface area contributed by atoms with Crippen LogP contribution in [0.1, 0.15) is 18.4 Å². The highest BCUT2D eigenvalue weighted by Crippen LogP contribution is 2.36. The Morgan fingerprint density at radius 3 is 2.79 bits per heavy atom. The van der Waals surface area contributed by atoms with Crippen molar-refractivity contribution in [2.24, 2.45) is 0 Å². The minimum absolute atomic E-state index is 0.127. The van der Waals surface area contributed by atoms with Gasteiger partial charge in [0.2, 0.25) is 6.79 Å². The first-order valence-corrected chi connectivity index (χ1v) is 9.34. The first-order chi connectivity index (χ1) is 13.7. The van der Waals surface area contributed by atoms with Gasteiger partial charge in [-0.05, 0) is 30.7 Å². The molecule has 2 aliphatic rings. The van der Waals surface area contributed by atoms with Crippen molar-refractivity contribution in [1.29, 1.82) is 0 Å². The van der Waals surface area contributed by atoms with Crippen molar-refractivity contribution in [2.75, 3.05) is 24.8 Å². The van der Waals surface area contributed by atoms with Crippen LogP contribution in [0.25, 0.3) is 5.65 Å². The van der Waals surface area contributed by atoms with Gasteiger partial charge in [-0.2, -0.15) is 4.52 Å². The molecule has 0 N–H and O–H groups in total. The van der Waals surface area contributed by atoms with Crippen LogP contribution in [0, 0.1) is 6.92 Å². The molecule has 4 heterocycles. The Morgan fingerprint density at radius 1 is 1.11 bits per heavy atom. The fourth-order valence-electron chi connectivity index (χ4n) is 3.69. The van der Waals surface area contributed by atoms with Crippen molar-refractivity contribution in [3.8, 4) is 17.2 Å². The van der Waals surface area contributed by atoms with Crippen LogP contribution in [0.2, 0.25) is 0 Å². The Balaban J connectivity index is 1.29. The highest BCUT2D eigenvalue weighted by molar-refractivity contribution is 5.52. The highest BCUT2D eigenvalue weighted by Gasteiger charge is 2.24. The molecule has 1 saturated heterocycles. The average Bonchev–Trinajstić information content (AvgIpc) is 3.16. The Morgan fingerprint density at radius 2 is 1.93 bits per heavy atom. The van der Waals surface area contributed by atoms with Crippen molar-refractivity contribution < 1.29 is 14.2 Å². The first-order valence-electron chi connectivity index (χ1n) is 9.34. The van der Waals surface area contributed by atoms with Crippen molar-refractivity contribution in [1.82, 2.24) is 14.6 Å². The monoisotopic (exact) mass is 380 g/mol. The lowest BCUT2D eigenvalue weighted by Crippen LogP contribution is -2.39. The van der Waals surface area contributed by atoms with E-state index < -0.39 is 0 Å². The molecule has 0 saturated carbocycles. The fourth-order valence-corrected chi connectivity index (χ4v) is 3.69. The minimum atomic E-state index is -0.174. The van der Waals surface area contributed by atoms with E-state index in [9.17, 15) is 4.79 Å². The summed E-state index contributed by atoms with van der Waals surface area (Å²) in [5.74, 6) is 3.10. The van der Waals surface area contributed by atoms with E-state index in [1.165, 1.54) is 16.8 Å². The van der Waals surface area contributed by atoms with E-state index in [2.05, 4.69) is 15.0 Å². The maximum absolute atomic E-state index is 12.1. The summed E-state index contributed by atoms with van der Waals surface area (Å²) in [6.07, 6.45) is 3.38. The van der Waals surface area contributed by atoms with E-state index in [-0.39, 0.29) is 18.5 Å². The molecule has 0 radical (unpaired) electrons. The molecular weight excluding hydrogens is 360 g/mol. The Hall–Kier alpha value is -3.29. The predicted octanol–water partition coefficient (Wildman–Crippen LogP) is 2.17. The standard InChI is InChI=1S/C20H20N4O4/c1-13-10-18-21-7-4-19(25)24(18)22-20(13)23-8-5-14(6-9-23)28-15-2-3-16-17(11-15)27-12-26-16/h2-4,7,10-11,14H,5-6,8-9,12H2,1H3. The van der Waals surface area contributed by atoms with E-state index in [1.807, 2.05) is 31.2 Å². The highest BCUT2D eigenvalue weighted by atomic mass is 16.7. The second-order valence-electron chi connectivity index (χ2n) is 7.02. The molecule has 8 heteroatoms. The van der Waals surface area contributed by atoms with Gasteiger partial charge in [0.15, 0.2) is 23.0 Å². The zero-order valence-electron chi connectivity index (χ0n) is 15.5. The zero-order chi connectivity index (χ0) is 19.1. The van der Waals surface area contributed by atoms with Crippen LogP contribution in [0.4, 0.5) is 5.82 Å². The number of ether oxygens (including phenoxy) is 3. The number of benzene rings is 1. The lowest BCUT2D eigenvalue weighted by Gasteiger charge is -2.33. The lowest BCUT2D eigenvalue weighted by atomic mass is 10.1. The molecule has 8 nitrogen and oxygen atoms in total. The molecule has 0 unspecified atom stereocenters. The van der Waals surface area contributed by atoms with E-state index in [4.69, 9.17) is 14.2 Å². The number of hydrogen-bond acceptors (Lipinski definition) is 7. The van der Waals surface area contributed by atoms with Crippen LogP contribution in [0.3, 0.4) is 0 Å². The molecule has 5 rings (SSSR count). The van der Waals surface area contributed by atoms with E-state index in [1.54, 1.807) is 0 Å². The van der Waals surface area contributed by atoms with Gasteiger partial charge in [-0.1, -0.05) is 0 Å². The molecule has 0 atom stereocenters. The van der Waals surface area contributed by atoms with Crippen molar-refractivity contribution in [3.63, 3.8) is 0 Å². The van der Waals surface area contributed by atoms with Crippen LogP contribution in [0.15, 0.2) is 41.3 Å². The molecule has 1 aromatic carbocycles. The first kappa shape index (κ1) is 16.9. The number of hydrogen-bond donors (Lipinski definition) is 0. The molecule has 2 aliphatic heterocycles. The molecular formula is C20H20N4O4. The van der Waals surface area contributed by atoms with Gasteiger partial charge in [0.1, 0.15) is 11.9 Å². The quantitative estimate of drug-likeness (QED) is 0.689. The largest absolute Gasteiger partial charge is 0.490 e. The van der Waals surface area contributed by atoms with Gasteiger partial charge in [0, 0.05) is 44.3 Å². The number of fused-ring (bicyclic) bond motifs is 2. The summed E-state index contributed by atoms with van der Waals surface area (Å²) in [5.41, 5.74) is 1.40. The van der Waals surface area contributed by atoms with Gasteiger partial charge in [0.25, 0.3) is 5.56 Å². The maximum atomic E-state index is 12.1. The van der Waals surface area contributed by atoms with E-state index in [0.29, 0.717) is 5.65 Å². The summed E-state index contributed by atoms with van der Waals surface area (Å²) >= 11 is 0. The summed E-state index contributed by atoms with van der Waals surface area (Å²) in [6, 6.07) is 8.99.